The Balaban J connectivity index is 1.65. The van der Waals surface area contributed by atoms with Crippen molar-refractivity contribution in [2.75, 3.05) is 13.1 Å². The normalized spacial score (nSPS) is 18.9. The molecular weight excluding hydrogens is 381 g/mol. The fraction of sp³-hybridized carbons (Fsp3) is 0.278. The largest absolute Gasteiger partial charge is 0.440 e. The van der Waals surface area contributed by atoms with Gasteiger partial charge in [0, 0.05) is 19.0 Å². The van der Waals surface area contributed by atoms with Crippen molar-refractivity contribution in [3.63, 3.8) is 0 Å². The Kier molecular flexibility index (Phi) is 4.43. The molecule has 0 N–H and O–H groups in total. The topological polar surface area (TPSA) is 63.4 Å². The third-order valence-corrected chi connectivity index (χ3v) is 6.54. The van der Waals surface area contributed by atoms with Gasteiger partial charge in [-0.25, -0.2) is 26.6 Å². The molecule has 3 aromatic rings. The van der Waals surface area contributed by atoms with Crippen LogP contribution in [0.15, 0.2) is 45.7 Å². The lowest BCUT2D eigenvalue weighted by molar-refractivity contribution is 0.287. The molecule has 0 aliphatic carbocycles. The van der Waals surface area contributed by atoms with Gasteiger partial charge < -0.3 is 4.42 Å². The molecule has 0 saturated carbocycles. The van der Waals surface area contributed by atoms with Gasteiger partial charge in [-0.3, -0.25) is 0 Å². The number of sulfonamides is 1. The number of halogens is 3. The molecule has 27 heavy (non-hydrogen) atoms. The van der Waals surface area contributed by atoms with Crippen molar-refractivity contribution in [1.29, 1.82) is 0 Å². The third-order valence-electron chi connectivity index (χ3n) is 4.66. The van der Waals surface area contributed by atoms with Gasteiger partial charge in [0.2, 0.25) is 10.0 Å². The summed E-state index contributed by atoms with van der Waals surface area (Å²) in [6.45, 7) is 0.172. The highest BCUT2D eigenvalue weighted by Crippen LogP contribution is 2.32. The van der Waals surface area contributed by atoms with Gasteiger partial charge in [0.25, 0.3) is 0 Å². The summed E-state index contributed by atoms with van der Waals surface area (Å²) in [6.07, 6.45) is 1.16. The molecule has 0 spiro atoms. The molecule has 5 nitrogen and oxygen atoms in total. The number of hydrogen-bond donors (Lipinski definition) is 0. The van der Waals surface area contributed by atoms with Crippen LogP contribution in [0.2, 0.25) is 0 Å². The van der Waals surface area contributed by atoms with E-state index in [9.17, 15) is 21.6 Å². The van der Waals surface area contributed by atoms with Crippen molar-refractivity contribution < 1.29 is 26.0 Å². The van der Waals surface area contributed by atoms with Crippen molar-refractivity contribution in [1.82, 2.24) is 9.29 Å². The van der Waals surface area contributed by atoms with Crippen molar-refractivity contribution >= 4 is 21.1 Å². The average molecular weight is 396 g/mol. The summed E-state index contributed by atoms with van der Waals surface area (Å²) in [7, 11) is -4.32. The van der Waals surface area contributed by atoms with Crippen LogP contribution < -0.4 is 0 Å². The lowest BCUT2D eigenvalue weighted by Crippen LogP contribution is -2.39. The number of aromatic nitrogens is 1. The standard InChI is InChI=1S/C18H15F3N2O3S/c19-12-7-8-15(17(21)16(12)20)27(24,25)23-9-3-4-11(10-23)18-22-13-5-1-2-6-14(13)26-18/h1-2,5-8,11H,3-4,9-10H2. The van der Waals surface area contributed by atoms with Crippen LogP contribution in [0.4, 0.5) is 13.2 Å². The molecule has 2 aromatic carbocycles. The fourth-order valence-corrected chi connectivity index (χ4v) is 4.85. The van der Waals surface area contributed by atoms with E-state index in [1.165, 1.54) is 0 Å². The van der Waals surface area contributed by atoms with Crippen LogP contribution in [0.1, 0.15) is 24.7 Å². The Labute approximate surface area is 153 Å². The maximum Gasteiger partial charge on any atom is 0.246 e. The molecule has 1 aliphatic rings. The lowest BCUT2D eigenvalue weighted by atomic mass is 10.00. The van der Waals surface area contributed by atoms with E-state index in [-0.39, 0.29) is 19.0 Å². The first kappa shape index (κ1) is 18.0. The van der Waals surface area contributed by atoms with E-state index < -0.39 is 32.4 Å². The maximum atomic E-state index is 14.0. The Morgan fingerprint density at radius 1 is 1.07 bits per heavy atom. The predicted octanol–water partition coefficient (Wildman–Crippen LogP) is 3.81. The first-order valence-electron chi connectivity index (χ1n) is 8.37. The number of oxazole rings is 1. The monoisotopic (exact) mass is 396 g/mol. The molecule has 1 aromatic heterocycles. The number of para-hydroxylation sites is 2. The van der Waals surface area contributed by atoms with Crippen LogP contribution in [-0.2, 0) is 10.0 Å². The zero-order valence-corrected chi connectivity index (χ0v) is 14.8. The fourth-order valence-electron chi connectivity index (χ4n) is 3.27. The smallest absolute Gasteiger partial charge is 0.246 e. The average Bonchev–Trinajstić information content (AvgIpc) is 3.10. The second-order valence-corrected chi connectivity index (χ2v) is 8.30. The van der Waals surface area contributed by atoms with E-state index in [0.29, 0.717) is 35.9 Å². The molecular formula is C18H15F3N2O3S. The highest BCUT2D eigenvalue weighted by atomic mass is 32.2. The first-order valence-corrected chi connectivity index (χ1v) is 9.81. The van der Waals surface area contributed by atoms with Crippen LogP contribution in [0.25, 0.3) is 11.1 Å². The Morgan fingerprint density at radius 2 is 1.85 bits per heavy atom. The number of fused-ring (bicyclic) bond motifs is 1. The Hall–Kier alpha value is -2.39. The Bertz CT molecular complexity index is 1080. The van der Waals surface area contributed by atoms with Crippen LogP contribution in [0.3, 0.4) is 0 Å². The maximum absolute atomic E-state index is 14.0. The minimum Gasteiger partial charge on any atom is -0.440 e. The quantitative estimate of drug-likeness (QED) is 0.632. The van der Waals surface area contributed by atoms with Gasteiger partial charge in [-0.05, 0) is 37.1 Å². The van der Waals surface area contributed by atoms with Gasteiger partial charge in [-0.15, -0.1) is 0 Å². The number of piperidine rings is 1. The number of nitrogens with zero attached hydrogens (tertiary/aromatic N) is 2. The molecule has 1 saturated heterocycles. The van der Waals surface area contributed by atoms with Crippen molar-refractivity contribution in [3.8, 4) is 0 Å². The second kappa shape index (κ2) is 6.65. The molecule has 2 heterocycles. The summed E-state index contributed by atoms with van der Waals surface area (Å²) in [4.78, 5) is 3.52. The van der Waals surface area contributed by atoms with E-state index in [4.69, 9.17) is 4.42 Å². The molecule has 142 valence electrons. The molecule has 1 fully saturated rings. The van der Waals surface area contributed by atoms with Gasteiger partial charge in [-0.1, -0.05) is 12.1 Å². The molecule has 1 atom stereocenters. The highest BCUT2D eigenvalue weighted by Gasteiger charge is 2.35. The van der Waals surface area contributed by atoms with Crippen LogP contribution in [-0.4, -0.2) is 30.8 Å². The van der Waals surface area contributed by atoms with Gasteiger partial charge in [-0.2, -0.15) is 4.31 Å². The Morgan fingerprint density at radius 3 is 2.63 bits per heavy atom. The summed E-state index contributed by atoms with van der Waals surface area (Å²) < 4.78 is 73.0. The van der Waals surface area contributed by atoms with Gasteiger partial charge in [0.05, 0.1) is 0 Å². The zero-order valence-electron chi connectivity index (χ0n) is 14.0. The van der Waals surface area contributed by atoms with Crippen molar-refractivity contribution in [2.24, 2.45) is 0 Å². The second-order valence-electron chi connectivity index (χ2n) is 6.40. The molecule has 1 aliphatic heterocycles. The number of benzene rings is 2. The van der Waals surface area contributed by atoms with Crippen molar-refractivity contribution in [3.05, 3.63) is 59.7 Å². The SMILES string of the molecule is O=S(=O)(c1ccc(F)c(F)c1F)N1CCCC(c2nc3ccccc3o2)C1. The van der Waals surface area contributed by atoms with Gasteiger partial charge >= 0.3 is 0 Å². The lowest BCUT2D eigenvalue weighted by Gasteiger charge is -2.30. The third kappa shape index (κ3) is 3.10. The van der Waals surface area contributed by atoms with E-state index in [0.717, 1.165) is 10.4 Å². The summed E-state index contributed by atoms with van der Waals surface area (Å²) in [5.74, 6) is -4.85. The van der Waals surface area contributed by atoms with Crippen LogP contribution >= 0.6 is 0 Å². The summed E-state index contributed by atoms with van der Waals surface area (Å²) in [5, 5.41) is 0. The van der Waals surface area contributed by atoms with E-state index in [1.807, 2.05) is 6.07 Å². The molecule has 9 heteroatoms. The first-order chi connectivity index (χ1) is 12.9. The van der Waals surface area contributed by atoms with Crippen LogP contribution in [0, 0.1) is 17.5 Å². The summed E-state index contributed by atoms with van der Waals surface area (Å²) in [6, 6.07) is 8.52. The van der Waals surface area contributed by atoms with E-state index in [1.54, 1.807) is 18.2 Å². The van der Waals surface area contributed by atoms with Gasteiger partial charge in [0.1, 0.15) is 10.4 Å². The summed E-state index contributed by atoms with van der Waals surface area (Å²) in [5.41, 5.74) is 1.26. The van der Waals surface area contributed by atoms with Crippen LogP contribution in [0.5, 0.6) is 0 Å². The predicted molar refractivity (Wildman–Crippen MR) is 91.1 cm³/mol. The molecule has 0 amide bonds. The minimum atomic E-state index is -4.32. The molecule has 4 rings (SSSR count). The zero-order chi connectivity index (χ0) is 19.2. The van der Waals surface area contributed by atoms with E-state index in [2.05, 4.69) is 4.98 Å². The van der Waals surface area contributed by atoms with Crippen molar-refractivity contribution in [2.45, 2.75) is 23.7 Å². The summed E-state index contributed by atoms with van der Waals surface area (Å²) >= 11 is 0. The number of rotatable bonds is 3. The number of hydrogen-bond acceptors (Lipinski definition) is 4. The minimum absolute atomic E-state index is 0.0214. The molecule has 0 bridgehead atoms. The highest BCUT2D eigenvalue weighted by molar-refractivity contribution is 7.89. The molecule has 0 radical (unpaired) electrons. The van der Waals surface area contributed by atoms with Gasteiger partial charge in [0.15, 0.2) is 28.9 Å². The van der Waals surface area contributed by atoms with E-state index >= 15 is 0 Å². The molecule has 1 unspecified atom stereocenters.